The zero-order valence-corrected chi connectivity index (χ0v) is 22.5. The topological polar surface area (TPSA) is 83.8 Å². The van der Waals surface area contributed by atoms with Gasteiger partial charge in [0.1, 0.15) is 11.9 Å². The smallest absolute Gasteiger partial charge is 0.302 e. The largest absolute Gasteiger partial charge is 0.463 e. The summed E-state index contributed by atoms with van der Waals surface area (Å²) in [7, 11) is 0. The molecule has 0 amide bonds. The standard InChI is InChI=1S/C29H50O5/c1-18(2)7-12-26(32)19(3)24-10-11-25(29(24,6)15-16-30)23-9-8-21-17-22(34-20(4)31)13-14-28(21,5)27(23)33/h18-19,21-25,27,30,33H,7-17H2,1-6H3/t19-,21-,22-,23?,24+,25?,27-,28-,29+/m0/s1. The lowest BCUT2D eigenvalue weighted by Gasteiger charge is -2.56. The first kappa shape index (κ1) is 27.6. The van der Waals surface area contributed by atoms with Crippen molar-refractivity contribution in [3.05, 3.63) is 0 Å². The third-order valence-electron chi connectivity index (χ3n) is 10.5. The van der Waals surface area contributed by atoms with Crippen LogP contribution < -0.4 is 0 Å². The van der Waals surface area contributed by atoms with Gasteiger partial charge in [0.2, 0.25) is 0 Å². The summed E-state index contributed by atoms with van der Waals surface area (Å²) in [5.74, 6) is 1.84. The van der Waals surface area contributed by atoms with Crippen LogP contribution in [0.1, 0.15) is 106 Å². The Kier molecular flexibility index (Phi) is 8.93. The third-order valence-corrected chi connectivity index (χ3v) is 10.5. The van der Waals surface area contributed by atoms with Crippen molar-refractivity contribution in [3.8, 4) is 0 Å². The number of esters is 1. The van der Waals surface area contributed by atoms with Gasteiger partial charge in [-0.15, -0.1) is 0 Å². The zero-order chi connectivity index (χ0) is 25.3. The van der Waals surface area contributed by atoms with Gasteiger partial charge in [-0.05, 0) is 98.2 Å². The molecule has 196 valence electrons. The van der Waals surface area contributed by atoms with Crippen LogP contribution in [0, 0.1) is 46.3 Å². The summed E-state index contributed by atoms with van der Waals surface area (Å²) in [5.41, 5.74) is -0.290. The molecular formula is C29H50O5. The normalized spacial score (nSPS) is 41.2. The second kappa shape index (κ2) is 11.0. The van der Waals surface area contributed by atoms with Crippen molar-refractivity contribution in [1.82, 2.24) is 0 Å². The van der Waals surface area contributed by atoms with Crippen LogP contribution in [-0.4, -0.2) is 40.8 Å². The summed E-state index contributed by atoms with van der Waals surface area (Å²) in [6.45, 7) is 12.6. The van der Waals surface area contributed by atoms with Gasteiger partial charge in [-0.2, -0.15) is 0 Å². The molecule has 5 heteroatoms. The van der Waals surface area contributed by atoms with Crippen LogP contribution in [0.5, 0.6) is 0 Å². The van der Waals surface area contributed by atoms with Gasteiger partial charge < -0.3 is 14.9 Å². The lowest BCUT2D eigenvalue weighted by Crippen LogP contribution is -2.54. The molecule has 3 fully saturated rings. The minimum atomic E-state index is -0.391. The quantitative estimate of drug-likeness (QED) is 0.424. The molecule has 2 N–H and O–H groups in total. The molecule has 0 aromatic rings. The molecule has 0 heterocycles. The summed E-state index contributed by atoms with van der Waals surface area (Å²) in [6, 6.07) is 0. The Morgan fingerprint density at radius 2 is 1.76 bits per heavy atom. The fourth-order valence-corrected chi connectivity index (χ4v) is 8.33. The van der Waals surface area contributed by atoms with Gasteiger partial charge in [0, 0.05) is 25.9 Å². The monoisotopic (exact) mass is 478 g/mol. The molecule has 5 nitrogen and oxygen atoms in total. The number of hydrogen-bond acceptors (Lipinski definition) is 5. The highest BCUT2D eigenvalue weighted by Crippen LogP contribution is 2.61. The van der Waals surface area contributed by atoms with Crippen LogP contribution in [0.25, 0.3) is 0 Å². The van der Waals surface area contributed by atoms with Crippen molar-refractivity contribution in [2.45, 2.75) is 118 Å². The van der Waals surface area contributed by atoms with E-state index >= 15 is 0 Å². The lowest BCUT2D eigenvalue weighted by molar-refractivity contribution is -0.165. The number of ether oxygens (including phenoxy) is 1. The number of aliphatic hydroxyl groups is 2. The average molecular weight is 479 g/mol. The SMILES string of the molecule is CC(=O)O[C@H]1CC[C@@]2(C)[C@@H](CCC(C3CC[C@H]([C@H](C)C(=O)CCC(C)C)[C@@]3(C)CCO)[C@@H]2O)C1. The number of ketones is 1. The van der Waals surface area contributed by atoms with E-state index in [1.807, 2.05) is 0 Å². The fourth-order valence-electron chi connectivity index (χ4n) is 8.33. The summed E-state index contributed by atoms with van der Waals surface area (Å²) in [5, 5.41) is 21.8. The Morgan fingerprint density at radius 1 is 1.06 bits per heavy atom. The summed E-state index contributed by atoms with van der Waals surface area (Å²) < 4.78 is 5.53. The van der Waals surface area contributed by atoms with Crippen molar-refractivity contribution >= 4 is 11.8 Å². The van der Waals surface area contributed by atoms with E-state index in [-0.39, 0.29) is 47.3 Å². The van der Waals surface area contributed by atoms with E-state index in [0.717, 1.165) is 51.4 Å². The van der Waals surface area contributed by atoms with Gasteiger partial charge >= 0.3 is 5.97 Å². The molecule has 0 spiro atoms. The minimum Gasteiger partial charge on any atom is -0.463 e. The average Bonchev–Trinajstić information content (AvgIpc) is 3.09. The number of rotatable bonds is 9. The van der Waals surface area contributed by atoms with Crippen molar-refractivity contribution in [3.63, 3.8) is 0 Å². The van der Waals surface area contributed by atoms with Crippen LogP contribution in [-0.2, 0) is 14.3 Å². The molecule has 0 saturated heterocycles. The molecule has 34 heavy (non-hydrogen) atoms. The minimum absolute atomic E-state index is 0.00327. The van der Waals surface area contributed by atoms with Gasteiger partial charge in [0.15, 0.2) is 0 Å². The summed E-state index contributed by atoms with van der Waals surface area (Å²) in [6.07, 6.45) is 8.47. The maximum atomic E-state index is 13.1. The number of aliphatic hydroxyl groups excluding tert-OH is 2. The molecule has 3 aliphatic carbocycles. The van der Waals surface area contributed by atoms with Gasteiger partial charge in [0.05, 0.1) is 6.10 Å². The zero-order valence-electron chi connectivity index (χ0n) is 22.5. The van der Waals surface area contributed by atoms with Gasteiger partial charge in [-0.25, -0.2) is 0 Å². The van der Waals surface area contributed by atoms with Gasteiger partial charge in [-0.1, -0.05) is 34.6 Å². The van der Waals surface area contributed by atoms with E-state index in [2.05, 4.69) is 34.6 Å². The first-order valence-corrected chi connectivity index (χ1v) is 13.9. The molecule has 0 aliphatic heterocycles. The van der Waals surface area contributed by atoms with Crippen LogP contribution in [0.4, 0.5) is 0 Å². The predicted molar refractivity (Wildman–Crippen MR) is 134 cm³/mol. The lowest BCUT2D eigenvalue weighted by atomic mass is 9.51. The second-order valence-electron chi connectivity index (χ2n) is 12.9. The predicted octanol–water partition coefficient (Wildman–Crippen LogP) is 5.55. The van der Waals surface area contributed by atoms with E-state index in [9.17, 15) is 19.8 Å². The van der Waals surface area contributed by atoms with E-state index in [0.29, 0.717) is 36.4 Å². The maximum Gasteiger partial charge on any atom is 0.302 e. The number of carbonyl (C=O) groups excluding carboxylic acids is 2. The summed E-state index contributed by atoms with van der Waals surface area (Å²) >= 11 is 0. The molecule has 0 aromatic carbocycles. The number of hydrogen-bond donors (Lipinski definition) is 2. The van der Waals surface area contributed by atoms with Crippen molar-refractivity contribution in [1.29, 1.82) is 0 Å². The molecule has 3 rings (SSSR count). The highest BCUT2D eigenvalue weighted by Gasteiger charge is 2.58. The van der Waals surface area contributed by atoms with Gasteiger partial charge in [0.25, 0.3) is 0 Å². The van der Waals surface area contributed by atoms with Crippen molar-refractivity contribution < 1.29 is 24.5 Å². The molecule has 0 radical (unpaired) electrons. The Hall–Kier alpha value is -0.940. The van der Waals surface area contributed by atoms with E-state index in [1.165, 1.54) is 6.92 Å². The fraction of sp³-hybridized carbons (Fsp3) is 0.931. The highest BCUT2D eigenvalue weighted by molar-refractivity contribution is 5.81. The molecule has 2 unspecified atom stereocenters. The molecule has 3 aliphatic rings. The third kappa shape index (κ3) is 5.40. The van der Waals surface area contributed by atoms with Crippen LogP contribution in [0.15, 0.2) is 0 Å². The molecule has 0 aromatic heterocycles. The van der Waals surface area contributed by atoms with Gasteiger partial charge in [-0.3, -0.25) is 9.59 Å². The number of carbonyl (C=O) groups is 2. The molecule has 9 atom stereocenters. The summed E-state index contributed by atoms with van der Waals surface area (Å²) in [4.78, 5) is 24.5. The van der Waals surface area contributed by atoms with E-state index in [1.54, 1.807) is 0 Å². The number of fused-ring (bicyclic) bond motifs is 1. The molecule has 3 saturated carbocycles. The Labute approximate surface area is 207 Å². The van der Waals surface area contributed by atoms with Crippen molar-refractivity contribution in [2.75, 3.05) is 6.61 Å². The maximum absolute atomic E-state index is 13.1. The van der Waals surface area contributed by atoms with Crippen LogP contribution in [0.2, 0.25) is 0 Å². The Morgan fingerprint density at radius 3 is 2.38 bits per heavy atom. The first-order chi connectivity index (χ1) is 15.9. The van der Waals surface area contributed by atoms with Crippen LogP contribution in [0.3, 0.4) is 0 Å². The first-order valence-electron chi connectivity index (χ1n) is 13.9. The Balaban J connectivity index is 1.76. The Bertz CT molecular complexity index is 719. The molecule has 0 bridgehead atoms. The van der Waals surface area contributed by atoms with Crippen LogP contribution >= 0.6 is 0 Å². The highest BCUT2D eigenvalue weighted by atomic mass is 16.5. The van der Waals surface area contributed by atoms with E-state index in [4.69, 9.17) is 4.74 Å². The van der Waals surface area contributed by atoms with Crippen molar-refractivity contribution in [2.24, 2.45) is 46.3 Å². The second-order valence-corrected chi connectivity index (χ2v) is 12.9. The number of Topliss-reactive ketones (excluding diaryl/α,β-unsaturated/α-hetero) is 1. The van der Waals surface area contributed by atoms with E-state index < -0.39 is 6.10 Å². The molecular weight excluding hydrogens is 428 g/mol.